The SMILES string of the molecule is Cc1cnc(COc2ccccc2O)[nH]1. The highest BCUT2D eigenvalue weighted by atomic mass is 16.5. The Kier molecular flexibility index (Phi) is 2.58. The number of hydrogen-bond acceptors (Lipinski definition) is 3. The van der Waals surface area contributed by atoms with E-state index in [9.17, 15) is 5.11 Å². The van der Waals surface area contributed by atoms with E-state index in [2.05, 4.69) is 9.97 Å². The number of nitrogens with zero attached hydrogens (tertiary/aromatic N) is 1. The van der Waals surface area contributed by atoms with E-state index in [-0.39, 0.29) is 5.75 Å². The van der Waals surface area contributed by atoms with Crippen LogP contribution < -0.4 is 4.74 Å². The third-order valence-corrected chi connectivity index (χ3v) is 1.99. The van der Waals surface area contributed by atoms with E-state index in [0.29, 0.717) is 12.4 Å². The lowest BCUT2D eigenvalue weighted by molar-refractivity contribution is 0.281. The molecule has 0 radical (unpaired) electrons. The van der Waals surface area contributed by atoms with Gasteiger partial charge in [-0.05, 0) is 19.1 Å². The Morgan fingerprint density at radius 1 is 1.40 bits per heavy atom. The molecule has 0 fully saturated rings. The molecule has 1 aromatic heterocycles. The molecule has 2 aromatic rings. The third-order valence-electron chi connectivity index (χ3n) is 1.99. The van der Waals surface area contributed by atoms with Gasteiger partial charge in [-0.2, -0.15) is 0 Å². The first-order valence-electron chi connectivity index (χ1n) is 4.67. The minimum absolute atomic E-state index is 0.140. The van der Waals surface area contributed by atoms with Gasteiger partial charge in [-0.3, -0.25) is 0 Å². The number of benzene rings is 1. The lowest BCUT2D eigenvalue weighted by Crippen LogP contribution is -1.97. The summed E-state index contributed by atoms with van der Waals surface area (Å²) in [5.41, 5.74) is 0.992. The predicted octanol–water partition coefficient (Wildman–Crippen LogP) is 2.00. The van der Waals surface area contributed by atoms with E-state index in [4.69, 9.17) is 4.74 Å². The average Bonchev–Trinajstić information content (AvgIpc) is 2.63. The van der Waals surface area contributed by atoms with Gasteiger partial charge in [-0.25, -0.2) is 4.98 Å². The molecule has 0 unspecified atom stereocenters. The number of nitrogens with one attached hydrogen (secondary N) is 1. The number of imidazole rings is 1. The van der Waals surface area contributed by atoms with Crippen molar-refractivity contribution in [3.63, 3.8) is 0 Å². The van der Waals surface area contributed by atoms with Crippen molar-refractivity contribution in [2.45, 2.75) is 13.5 Å². The first-order chi connectivity index (χ1) is 7.25. The molecule has 0 saturated carbocycles. The minimum Gasteiger partial charge on any atom is -0.504 e. The van der Waals surface area contributed by atoms with E-state index in [1.54, 1.807) is 24.4 Å². The van der Waals surface area contributed by atoms with E-state index in [1.165, 1.54) is 0 Å². The van der Waals surface area contributed by atoms with E-state index >= 15 is 0 Å². The van der Waals surface area contributed by atoms with E-state index in [1.807, 2.05) is 13.0 Å². The summed E-state index contributed by atoms with van der Waals surface area (Å²) in [5.74, 6) is 1.35. The van der Waals surface area contributed by atoms with E-state index < -0.39 is 0 Å². The molecule has 2 rings (SSSR count). The van der Waals surface area contributed by atoms with Crippen LogP contribution in [0.2, 0.25) is 0 Å². The van der Waals surface area contributed by atoms with Gasteiger partial charge in [0.15, 0.2) is 11.5 Å². The molecule has 0 spiro atoms. The van der Waals surface area contributed by atoms with Crippen LogP contribution in [0.1, 0.15) is 11.5 Å². The van der Waals surface area contributed by atoms with Crippen LogP contribution in [0.3, 0.4) is 0 Å². The largest absolute Gasteiger partial charge is 0.504 e. The molecule has 0 bridgehead atoms. The monoisotopic (exact) mass is 204 g/mol. The number of aromatic nitrogens is 2. The van der Waals surface area contributed by atoms with Crippen LogP contribution in [-0.2, 0) is 6.61 Å². The highest BCUT2D eigenvalue weighted by molar-refractivity contribution is 5.37. The molecular weight excluding hydrogens is 192 g/mol. The highest BCUT2D eigenvalue weighted by Gasteiger charge is 2.02. The first kappa shape index (κ1) is 9.58. The number of H-pyrrole nitrogens is 1. The summed E-state index contributed by atoms with van der Waals surface area (Å²) in [7, 11) is 0. The van der Waals surface area contributed by atoms with Gasteiger partial charge >= 0.3 is 0 Å². The molecule has 0 amide bonds. The quantitative estimate of drug-likeness (QED) is 0.804. The molecule has 0 aliphatic rings. The summed E-state index contributed by atoms with van der Waals surface area (Å²) < 4.78 is 5.39. The van der Waals surface area contributed by atoms with Crippen LogP contribution >= 0.6 is 0 Å². The average molecular weight is 204 g/mol. The summed E-state index contributed by atoms with van der Waals surface area (Å²) in [4.78, 5) is 7.15. The summed E-state index contributed by atoms with van der Waals surface area (Å²) in [5, 5.41) is 9.44. The zero-order chi connectivity index (χ0) is 10.7. The second-order valence-corrected chi connectivity index (χ2v) is 3.27. The maximum Gasteiger partial charge on any atom is 0.161 e. The van der Waals surface area contributed by atoms with Crippen LogP contribution in [0, 0.1) is 6.92 Å². The predicted molar refractivity (Wildman–Crippen MR) is 55.8 cm³/mol. The number of aromatic amines is 1. The Morgan fingerprint density at radius 2 is 2.20 bits per heavy atom. The van der Waals surface area contributed by atoms with Crippen molar-refractivity contribution in [2.24, 2.45) is 0 Å². The van der Waals surface area contributed by atoms with Gasteiger partial charge in [0.25, 0.3) is 0 Å². The fourth-order valence-electron chi connectivity index (χ4n) is 1.27. The van der Waals surface area contributed by atoms with Crippen LogP contribution in [0.15, 0.2) is 30.5 Å². The number of phenolic OH excluding ortho intramolecular Hbond substituents is 1. The Morgan fingerprint density at radius 3 is 2.87 bits per heavy atom. The lowest BCUT2D eigenvalue weighted by atomic mass is 10.3. The zero-order valence-corrected chi connectivity index (χ0v) is 8.40. The van der Waals surface area contributed by atoms with Crippen molar-refractivity contribution in [1.29, 1.82) is 0 Å². The zero-order valence-electron chi connectivity index (χ0n) is 8.40. The van der Waals surface area contributed by atoms with Gasteiger partial charge < -0.3 is 14.8 Å². The van der Waals surface area contributed by atoms with E-state index in [0.717, 1.165) is 11.5 Å². The molecule has 4 nitrogen and oxygen atoms in total. The fourth-order valence-corrected chi connectivity index (χ4v) is 1.27. The summed E-state index contributed by atoms with van der Waals surface area (Å²) in [6.45, 7) is 2.25. The minimum atomic E-state index is 0.140. The Labute approximate surface area is 87.6 Å². The molecule has 2 N–H and O–H groups in total. The van der Waals surface area contributed by atoms with Gasteiger partial charge in [0, 0.05) is 11.9 Å². The Hall–Kier alpha value is -1.97. The standard InChI is InChI=1S/C11H12N2O2/c1-8-6-12-11(13-8)7-15-10-5-3-2-4-9(10)14/h2-6,14H,7H2,1H3,(H,12,13). The van der Waals surface area contributed by atoms with Gasteiger partial charge in [-0.15, -0.1) is 0 Å². The molecule has 0 atom stereocenters. The van der Waals surface area contributed by atoms with Crippen LogP contribution in [0.4, 0.5) is 0 Å². The molecule has 1 aromatic carbocycles. The molecule has 4 heteroatoms. The van der Waals surface area contributed by atoms with Crippen molar-refractivity contribution in [3.05, 3.63) is 42.0 Å². The molecule has 15 heavy (non-hydrogen) atoms. The number of hydrogen-bond donors (Lipinski definition) is 2. The number of phenols is 1. The second kappa shape index (κ2) is 4.04. The molecule has 1 heterocycles. The molecule has 78 valence electrons. The van der Waals surface area contributed by atoms with Gasteiger partial charge in [-0.1, -0.05) is 12.1 Å². The third kappa shape index (κ3) is 2.28. The Balaban J connectivity index is 2.02. The molecule has 0 aliphatic carbocycles. The van der Waals surface area contributed by atoms with Gasteiger partial charge in [0.2, 0.25) is 0 Å². The number of aryl methyl sites for hydroxylation is 1. The molecular formula is C11H12N2O2. The first-order valence-corrected chi connectivity index (χ1v) is 4.67. The lowest BCUT2D eigenvalue weighted by Gasteiger charge is -2.05. The van der Waals surface area contributed by atoms with Crippen molar-refractivity contribution in [3.8, 4) is 11.5 Å². The summed E-state index contributed by atoms with van der Waals surface area (Å²) >= 11 is 0. The highest BCUT2D eigenvalue weighted by Crippen LogP contribution is 2.24. The maximum absolute atomic E-state index is 9.44. The van der Waals surface area contributed by atoms with Crippen molar-refractivity contribution in [1.82, 2.24) is 9.97 Å². The van der Waals surface area contributed by atoms with Crippen LogP contribution in [-0.4, -0.2) is 15.1 Å². The number of ether oxygens (including phenoxy) is 1. The van der Waals surface area contributed by atoms with Gasteiger partial charge in [0.05, 0.1) is 0 Å². The topological polar surface area (TPSA) is 58.1 Å². The van der Waals surface area contributed by atoms with Crippen molar-refractivity contribution < 1.29 is 9.84 Å². The Bertz CT molecular complexity index is 451. The van der Waals surface area contributed by atoms with Crippen LogP contribution in [0.25, 0.3) is 0 Å². The molecule has 0 saturated heterocycles. The fraction of sp³-hybridized carbons (Fsp3) is 0.182. The maximum atomic E-state index is 9.44. The number of aromatic hydroxyl groups is 1. The number of rotatable bonds is 3. The van der Waals surface area contributed by atoms with Crippen molar-refractivity contribution >= 4 is 0 Å². The van der Waals surface area contributed by atoms with Crippen LogP contribution in [0.5, 0.6) is 11.5 Å². The smallest absolute Gasteiger partial charge is 0.161 e. The second-order valence-electron chi connectivity index (χ2n) is 3.27. The normalized spacial score (nSPS) is 10.2. The number of para-hydroxylation sites is 2. The van der Waals surface area contributed by atoms with Gasteiger partial charge in [0.1, 0.15) is 12.4 Å². The van der Waals surface area contributed by atoms with Crippen molar-refractivity contribution in [2.75, 3.05) is 0 Å². The molecule has 0 aliphatic heterocycles. The summed E-state index contributed by atoms with van der Waals surface area (Å²) in [6.07, 6.45) is 1.74. The summed E-state index contributed by atoms with van der Waals surface area (Å²) in [6, 6.07) is 6.86.